The molecule has 0 aromatic heterocycles. The molecule has 1 aromatic carbocycles. The highest BCUT2D eigenvalue weighted by Gasteiger charge is 2.46. The second kappa shape index (κ2) is 3.96. The Kier molecular flexibility index (Phi) is 2.78. The highest BCUT2D eigenvalue weighted by atomic mass is 35.5. The minimum atomic E-state index is -1.08. The molecule has 0 spiro atoms. The highest BCUT2D eigenvalue weighted by Crippen LogP contribution is 2.41. The van der Waals surface area contributed by atoms with Crippen molar-refractivity contribution in [2.24, 2.45) is 0 Å². The third-order valence-corrected chi connectivity index (χ3v) is 3.16. The fourth-order valence-corrected chi connectivity index (χ4v) is 2.25. The Hall–Kier alpha value is -1.26. The van der Waals surface area contributed by atoms with Crippen LogP contribution < -0.4 is 5.32 Å². The zero-order valence-corrected chi connectivity index (χ0v) is 9.24. The van der Waals surface area contributed by atoms with Crippen LogP contribution in [0.15, 0.2) is 24.3 Å². The molecule has 1 aromatic rings. The third-order valence-electron chi connectivity index (χ3n) is 2.91. The molecule has 1 aliphatic carbocycles. The van der Waals surface area contributed by atoms with Crippen LogP contribution in [0.25, 0.3) is 0 Å². The molecule has 16 heavy (non-hydrogen) atoms. The van der Waals surface area contributed by atoms with E-state index in [1.807, 2.05) is 0 Å². The Morgan fingerprint density at radius 2 is 1.94 bits per heavy atom. The molecule has 0 aliphatic heterocycles. The normalized spacial score (nSPS) is 28.2. The molecule has 0 radical (unpaired) electrons. The van der Waals surface area contributed by atoms with Crippen molar-refractivity contribution < 1.29 is 15.0 Å². The first-order valence-electron chi connectivity index (χ1n) is 4.97. The number of carbonyl (C=O) groups is 1. The zero-order chi connectivity index (χ0) is 11.8. The van der Waals surface area contributed by atoms with Gasteiger partial charge in [-0.1, -0.05) is 23.7 Å². The summed E-state index contributed by atoms with van der Waals surface area (Å²) >= 11 is 5.77. The summed E-state index contributed by atoms with van der Waals surface area (Å²) in [5.41, 5.74) is 0.181. The first-order valence-corrected chi connectivity index (χ1v) is 5.35. The predicted molar refractivity (Wildman–Crippen MR) is 59.5 cm³/mol. The monoisotopic (exact) mass is 241 g/mol. The van der Waals surface area contributed by atoms with Gasteiger partial charge in [-0.25, -0.2) is 4.79 Å². The standard InChI is InChI=1S/C11H12ClNO3/c12-8-3-1-7(2-4-8)11(13-10(15)16)5-9(14)6-11/h1-4,9,13-14H,5-6H2,(H,15,16). The second-order valence-electron chi connectivity index (χ2n) is 4.08. The maximum absolute atomic E-state index is 10.7. The van der Waals surface area contributed by atoms with E-state index in [0.717, 1.165) is 5.56 Å². The van der Waals surface area contributed by atoms with E-state index in [4.69, 9.17) is 16.7 Å². The first kappa shape index (κ1) is 11.2. The van der Waals surface area contributed by atoms with Crippen molar-refractivity contribution in [3.05, 3.63) is 34.9 Å². The molecular formula is C11H12ClNO3. The summed E-state index contributed by atoms with van der Waals surface area (Å²) in [5.74, 6) is 0. The molecule has 1 fully saturated rings. The molecule has 5 heteroatoms. The summed E-state index contributed by atoms with van der Waals surface area (Å²) in [7, 11) is 0. The van der Waals surface area contributed by atoms with Gasteiger partial charge in [-0.15, -0.1) is 0 Å². The molecular weight excluding hydrogens is 230 g/mol. The third kappa shape index (κ3) is 1.99. The predicted octanol–water partition coefficient (Wildman–Crippen LogP) is 1.96. The van der Waals surface area contributed by atoms with E-state index < -0.39 is 17.7 Å². The molecule has 1 amide bonds. The molecule has 1 saturated carbocycles. The molecule has 0 saturated heterocycles. The topological polar surface area (TPSA) is 69.6 Å². The summed E-state index contributed by atoms with van der Waals surface area (Å²) in [6.45, 7) is 0. The highest BCUT2D eigenvalue weighted by molar-refractivity contribution is 6.30. The Morgan fingerprint density at radius 3 is 2.38 bits per heavy atom. The van der Waals surface area contributed by atoms with Gasteiger partial charge in [0, 0.05) is 17.9 Å². The SMILES string of the molecule is O=C(O)NC1(c2ccc(Cl)cc2)CC(O)C1. The summed E-state index contributed by atoms with van der Waals surface area (Å²) < 4.78 is 0. The lowest BCUT2D eigenvalue weighted by molar-refractivity contribution is 0.00172. The summed E-state index contributed by atoms with van der Waals surface area (Å²) in [5, 5.41) is 21.2. The largest absolute Gasteiger partial charge is 0.465 e. The van der Waals surface area contributed by atoms with Crippen molar-refractivity contribution in [3.8, 4) is 0 Å². The van der Waals surface area contributed by atoms with Crippen LogP contribution in [-0.4, -0.2) is 22.4 Å². The van der Waals surface area contributed by atoms with Gasteiger partial charge in [-0.3, -0.25) is 0 Å². The lowest BCUT2D eigenvalue weighted by Gasteiger charge is -2.45. The Morgan fingerprint density at radius 1 is 1.38 bits per heavy atom. The molecule has 0 bridgehead atoms. The summed E-state index contributed by atoms with van der Waals surface area (Å²) in [6.07, 6.45) is -0.716. The van der Waals surface area contributed by atoms with E-state index in [-0.39, 0.29) is 0 Å². The molecule has 2 rings (SSSR count). The molecule has 0 heterocycles. The van der Waals surface area contributed by atoms with Crippen LogP contribution >= 0.6 is 11.6 Å². The van der Waals surface area contributed by atoms with Crippen LogP contribution in [0.1, 0.15) is 18.4 Å². The van der Waals surface area contributed by atoms with Gasteiger partial charge in [0.1, 0.15) is 0 Å². The number of amides is 1. The zero-order valence-electron chi connectivity index (χ0n) is 8.48. The number of aliphatic hydroxyl groups excluding tert-OH is 1. The fourth-order valence-electron chi connectivity index (χ4n) is 2.13. The van der Waals surface area contributed by atoms with Crippen molar-refractivity contribution in [1.29, 1.82) is 0 Å². The van der Waals surface area contributed by atoms with E-state index >= 15 is 0 Å². The second-order valence-corrected chi connectivity index (χ2v) is 4.52. The Balaban J connectivity index is 2.26. The van der Waals surface area contributed by atoms with Gasteiger partial charge in [0.25, 0.3) is 0 Å². The van der Waals surface area contributed by atoms with E-state index in [2.05, 4.69) is 5.32 Å². The van der Waals surface area contributed by atoms with Crippen molar-refractivity contribution in [2.75, 3.05) is 0 Å². The van der Waals surface area contributed by atoms with Gasteiger partial charge < -0.3 is 15.5 Å². The van der Waals surface area contributed by atoms with Gasteiger partial charge in [0.2, 0.25) is 0 Å². The number of aliphatic hydroxyl groups is 1. The number of halogens is 1. The maximum Gasteiger partial charge on any atom is 0.405 e. The lowest BCUT2D eigenvalue weighted by atomic mass is 9.70. The van der Waals surface area contributed by atoms with Gasteiger partial charge >= 0.3 is 6.09 Å². The van der Waals surface area contributed by atoms with Gasteiger partial charge in [0.05, 0.1) is 11.6 Å². The number of carboxylic acid groups (broad SMARTS) is 1. The van der Waals surface area contributed by atoms with Crippen molar-refractivity contribution in [3.63, 3.8) is 0 Å². The van der Waals surface area contributed by atoms with E-state index in [1.165, 1.54) is 0 Å². The van der Waals surface area contributed by atoms with Crippen LogP contribution in [0.5, 0.6) is 0 Å². The first-order chi connectivity index (χ1) is 7.52. The minimum Gasteiger partial charge on any atom is -0.465 e. The van der Waals surface area contributed by atoms with Crippen LogP contribution in [0.3, 0.4) is 0 Å². The van der Waals surface area contributed by atoms with E-state index in [9.17, 15) is 9.90 Å². The quantitative estimate of drug-likeness (QED) is 0.741. The Bertz CT molecular complexity index is 398. The molecule has 4 nitrogen and oxygen atoms in total. The number of benzene rings is 1. The van der Waals surface area contributed by atoms with Crippen LogP contribution in [-0.2, 0) is 5.54 Å². The van der Waals surface area contributed by atoms with E-state index in [0.29, 0.717) is 17.9 Å². The lowest BCUT2D eigenvalue weighted by Crippen LogP contribution is -2.56. The van der Waals surface area contributed by atoms with Crippen LogP contribution in [0, 0.1) is 0 Å². The molecule has 0 atom stereocenters. The van der Waals surface area contributed by atoms with Gasteiger partial charge in [-0.05, 0) is 17.7 Å². The van der Waals surface area contributed by atoms with Crippen molar-refractivity contribution in [1.82, 2.24) is 5.32 Å². The summed E-state index contributed by atoms with van der Waals surface area (Å²) in [6, 6.07) is 6.99. The van der Waals surface area contributed by atoms with Crippen LogP contribution in [0.2, 0.25) is 5.02 Å². The number of rotatable bonds is 2. The van der Waals surface area contributed by atoms with Gasteiger partial charge in [-0.2, -0.15) is 0 Å². The fraction of sp³-hybridized carbons (Fsp3) is 0.364. The maximum atomic E-state index is 10.7. The van der Waals surface area contributed by atoms with Crippen molar-refractivity contribution in [2.45, 2.75) is 24.5 Å². The smallest absolute Gasteiger partial charge is 0.405 e. The summed E-state index contributed by atoms with van der Waals surface area (Å²) in [4.78, 5) is 10.7. The minimum absolute atomic E-state index is 0.404. The number of nitrogens with one attached hydrogen (secondary N) is 1. The molecule has 3 N–H and O–H groups in total. The average molecular weight is 242 g/mol. The Labute approximate surface area is 97.9 Å². The van der Waals surface area contributed by atoms with Gasteiger partial charge in [0.15, 0.2) is 0 Å². The van der Waals surface area contributed by atoms with Crippen molar-refractivity contribution >= 4 is 17.7 Å². The number of hydrogen-bond donors (Lipinski definition) is 3. The molecule has 0 unspecified atom stereocenters. The van der Waals surface area contributed by atoms with E-state index in [1.54, 1.807) is 24.3 Å². The molecule has 86 valence electrons. The molecule has 1 aliphatic rings. The average Bonchev–Trinajstić information content (AvgIpc) is 2.15. The number of hydrogen-bond acceptors (Lipinski definition) is 2. The van der Waals surface area contributed by atoms with Crippen LogP contribution in [0.4, 0.5) is 4.79 Å².